The average Bonchev–Trinajstić information content (AvgIpc) is 3.52. The van der Waals surface area contributed by atoms with Gasteiger partial charge < -0.3 is 9.52 Å². The van der Waals surface area contributed by atoms with E-state index in [1.165, 1.54) is 16.2 Å². The number of carbonyl (C=O) groups is 2. The van der Waals surface area contributed by atoms with Gasteiger partial charge in [-0.1, -0.05) is 17.7 Å². The van der Waals surface area contributed by atoms with E-state index in [9.17, 15) is 14.7 Å². The Balaban J connectivity index is 1.62. The van der Waals surface area contributed by atoms with Gasteiger partial charge in [-0.15, -0.1) is 11.3 Å². The number of fused-ring (bicyclic) bond motifs is 1. The lowest BCUT2D eigenvalue weighted by Gasteiger charge is -2.25. The summed E-state index contributed by atoms with van der Waals surface area (Å²) in [5, 5.41) is 22.8. The van der Waals surface area contributed by atoms with E-state index in [0.29, 0.717) is 32.1 Å². The summed E-state index contributed by atoms with van der Waals surface area (Å²) in [5.41, 5.74) is 1.30. The molecule has 2 aromatic carbocycles. The number of furan rings is 1. The first kappa shape index (κ1) is 20.1. The molecule has 6 nitrogen and oxygen atoms in total. The van der Waals surface area contributed by atoms with Gasteiger partial charge in [0.1, 0.15) is 11.6 Å². The van der Waals surface area contributed by atoms with Crippen LogP contribution in [-0.4, -0.2) is 16.8 Å². The SMILES string of the molecule is N#Cc1ccc(N2C(=O)C(O)=C(C(=O)c3cc4cc(Cl)ccc4o3)C2c2cccs2)cc1. The van der Waals surface area contributed by atoms with Crippen molar-refractivity contribution in [3.63, 3.8) is 0 Å². The molecule has 1 unspecified atom stereocenters. The second-order valence-corrected chi connectivity index (χ2v) is 8.55. The molecule has 5 rings (SSSR count). The van der Waals surface area contributed by atoms with Crippen LogP contribution < -0.4 is 4.90 Å². The third-order valence-electron chi connectivity index (χ3n) is 5.24. The minimum atomic E-state index is -0.834. The third kappa shape index (κ3) is 3.17. The van der Waals surface area contributed by atoms with Gasteiger partial charge in [0.25, 0.3) is 5.91 Å². The summed E-state index contributed by atoms with van der Waals surface area (Å²) in [5.74, 6) is -1.91. The highest BCUT2D eigenvalue weighted by molar-refractivity contribution is 7.10. The Morgan fingerprint density at radius 1 is 1.16 bits per heavy atom. The normalized spacial score (nSPS) is 16.1. The maximum atomic E-state index is 13.5. The van der Waals surface area contributed by atoms with E-state index in [1.54, 1.807) is 54.6 Å². The van der Waals surface area contributed by atoms with Crippen LogP contribution >= 0.6 is 22.9 Å². The predicted molar refractivity (Wildman–Crippen MR) is 121 cm³/mol. The molecule has 3 heterocycles. The van der Waals surface area contributed by atoms with Crippen molar-refractivity contribution in [3.8, 4) is 6.07 Å². The van der Waals surface area contributed by atoms with Gasteiger partial charge in [0.15, 0.2) is 11.5 Å². The number of benzene rings is 2. The van der Waals surface area contributed by atoms with E-state index in [0.717, 1.165) is 0 Å². The topological polar surface area (TPSA) is 94.5 Å². The van der Waals surface area contributed by atoms with Gasteiger partial charge in [-0.05, 0) is 60.0 Å². The predicted octanol–water partition coefficient (Wildman–Crippen LogP) is 5.80. The fraction of sp³-hybridized carbons (Fsp3) is 0.0417. The molecule has 1 N–H and O–H groups in total. The Morgan fingerprint density at radius 2 is 1.94 bits per heavy atom. The number of nitrogens with zero attached hydrogens (tertiary/aromatic N) is 2. The zero-order valence-electron chi connectivity index (χ0n) is 16.3. The fourth-order valence-electron chi connectivity index (χ4n) is 3.77. The van der Waals surface area contributed by atoms with Crippen LogP contribution in [0.4, 0.5) is 5.69 Å². The summed E-state index contributed by atoms with van der Waals surface area (Å²) in [6, 6.07) is 17.7. The van der Waals surface area contributed by atoms with Gasteiger partial charge in [0.05, 0.1) is 17.2 Å². The van der Waals surface area contributed by atoms with E-state index in [2.05, 4.69) is 0 Å². The number of thiophene rings is 1. The second kappa shape index (κ2) is 7.68. The summed E-state index contributed by atoms with van der Waals surface area (Å²) < 4.78 is 5.70. The van der Waals surface area contributed by atoms with Gasteiger partial charge in [-0.2, -0.15) is 5.26 Å². The Kier molecular flexibility index (Phi) is 4.82. The van der Waals surface area contributed by atoms with E-state index >= 15 is 0 Å². The number of Topliss-reactive ketones (excluding diaryl/α,β-unsaturated/α-hetero) is 1. The largest absolute Gasteiger partial charge is 0.503 e. The second-order valence-electron chi connectivity index (χ2n) is 7.14. The van der Waals surface area contributed by atoms with Crippen LogP contribution in [0, 0.1) is 11.3 Å². The van der Waals surface area contributed by atoms with Crippen LogP contribution in [0.15, 0.2) is 81.8 Å². The summed E-state index contributed by atoms with van der Waals surface area (Å²) in [4.78, 5) is 28.6. The van der Waals surface area contributed by atoms with Crippen molar-refractivity contribution in [2.45, 2.75) is 6.04 Å². The monoisotopic (exact) mass is 460 g/mol. The van der Waals surface area contributed by atoms with Crippen LogP contribution in [0.25, 0.3) is 11.0 Å². The highest BCUT2D eigenvalue weighted by Crippen LogP contribution is 2.43. The van der Waals surface area contributed by atoms with Crippen molar-refractivity contribution in [3.05, 3.63) is 98.6 Å². The molecule has 8 heteroatoms. The number of nitriles is 1. The van der Waals surface area contributed by atoms with Crippen molar-refractivity contribution in [1.29, 1.82) is 5.26 Å². The number of aliphatic hydroxyl groups excluding tert-OH is 1. The van der Waals surface area contributed by atoms with E-state index < -0.39 is 23.5 Å². The molecule has 0 saturated heterocycles. The Hall–Kier alpha value is -3.86. The molecule has 0 spiro atoms. The molecular weight excluding hydrogens is 448 g/mol. The quantitative estimate of drug-likeness (QED) is 0.388. The molecule has 4 aromatic rings. The van der Waals surface area contributed by atoms with Crippen LogP contribution in [0.2, 0.25) is 5.02 Å². The average molecular weight is 461 g/mol. The molecule has 2 aromatic heterocycles. The van der Waals surface area contributed by atoms with E-state index in [1.807, 2.05) is 17.5 Å². The first-order valence-electron chi connectivity index (χ1n) is 9.52. The zero-order valence-corrected chi connectivity index (χ0v) is 17.9. The molecule has 1 aliphatic rings. The Morgan fingerprint density at radius 3 is 2.62 bits per heavy atom. The number of aliphatic hydroxyl groups is 1. The smallest absolute Gasteiger partial charge is 0.294 e. The molecule has 0 bridgehead atoms. The highest BCUT2D eigenvalue weighted by Gasteiger charge is 2.45. The Labute approximate surface area is 191 Å². The van der Waals surface area contributed by atoms with Crippen molar-refractivity contribution in [2.24, 2.45) is 0 Å². The molecule has 0 radical (unpaired) electrons. The van der Waals surface area contributed by atoms with Gasteiger partial charge in [0.2, 0.25) is 5.78 Å². The van der Waals surface area contributed by atoms with Crippen molar-refractivity contribution >= 4 is 51.3 Å². The molecule has 32 heavy (non-hydrogen) atoms. The minimum Gasteiger partial charge on any atom is -0.503 e. The molecule has 0 saturated carbocycles. The van der Waals surface area contributed by atoms with Crippen molar-refractivity contribution in [2.75, 3.05) is 4.90 Å². The van der Waals surface area contributed by atoms with E-state index in [-0.39, 0.29) is 11.3 Å². The number of hydrogen-bond donors (Lipinski definition) is 1. The van der Waals surface area contributed by atoms with Gasteiger partial charge in [-0.25, -0.2) is 0 Å². The van der Waals surface area contributed by atoms with Crippen LogP contribution in [0.1, 0.15) is 27.0 Å². The number of anilines is 1. The number of carbonyl (C=O) groups excluding carboxylic acids is 2. The Bertz CT molecular complexity index is 1450. The standard InChI is InChI=1S/C24H13ClN2O4S/c25-15-5-8-17-14(10-15)11-18(31-17)22(28)20-21(19-2-1-9-32-19)27(24(30)23(20)29)16-6-3-13(12-26)4-7-16/h1-11,21,29H. The molecule has 156 valence electrons. The number of amides is 1. The molecule has 0 fully saturated rings. The number of rotatable bonds is 4. The van der Waals surface area contributed by atoms with Crippen molar-refractivity contribution < 1.29 is 19.1 Å². The van der Waals surface area contributed by atoms with Gasteiger partial charge >= 0.3 is 0 Å². The summed E-state index contributed by atoms with van der Waals surface area (Å²) in [6.45, 7) is 0. The first-order valence-corrected chi connectivity index (χ1v) is 10.8. The summed E-state index contributed by atoms with van der Waals surface area (Å²) in [6.07, 6.45) is 0. The maximum absolute atomic E-state index is 13.5. The van der Waals surface area contributed by atoms with Crippen LogP contribution in [-0.2, 0) is 4.79 Å². The first-order chi connectivity index (χ1) is 15.5. The van der Waals surface area contributed by atoms with Crippen molar-refractivity contribution in [1.82, 2.24) is 0 Å². The van der Waals surface area contributed by atoms with Gasteiger partial charge in [-0.3, -0.25) is 14.5 Å². The molecule has 0 aliphatic carbocycles. The van der Waals surface area contributed by atoms with Gasteiger partial charge in [0, 0.05) is 21.0 Å². The maximum Gasteiger partial charge on any atom is 0.294 e. The van der Waals surface area contributed by atoms with E-state index in [4.69, 9.17) is 21.3 Å². The third-order valence-corrected chi connectivity index (χ3v) is 6.40. The molecule has 1 aliphatic heterocycles. The fourth-order valence-corrected chi connectivity index (χ4v) is 4.78. The number of hydrogen-bond acceptors (Lipinski definition) is 6. The molecule has 1 amide bonds. The van der Waals surface area contributed by atoms with Crippen LogP contribution in [0.3, 0.4) is 0 Å². The minimum absolute atomic E-state index is 0.000138. The highest BCUT2D eigenvalue weighted by atomic mass is 35.5. The number of ketones is 1. The summed E-state index contributed by atoms with van der Waals surface area (Å²) in [7, 11) is 0. The lowest BCUT2D eigenvalue weighted by molar-refractivity contribution is -0.117. The molecule has 1 atom stereocenters. The molecular formula is C24H13ClN2O4S. The zero-order chi connectivity index (χ0) is 22.4. The van der Waals surface area contributed by atoms with Crippen LogP contribution in [0.5, 0.6) is 0 Å². The lowest BCUT2D eigenvalue weighted by atomic mass is 10.00. The lowest BCUT2D eigenvalue weighted by Crippen LogP contribution is -2.30. The summed E-state index contributed by atoms with van der Waals surface area (Å²) >= 11 is 7.39. The number of halogens is 1.